The van der Waals surface area contributed by atoms with E-state index in [0.29, 0.717) is 6.61 Å². The Morgan fingerprint density at radius 1 is 0.800 bits per heavy atom. The molecule has 0 aromatic heterocycles. The van der Waals surface area contributed by atoms with Crippen LogP contribution in [0.15, 0.2) is 48.5 Å². The molecule has 0 N–H and O–H groups in total. The van der Waals surface area contributed by atoms with E-state index in [1.807, 2.05) is 24.3 Å². The highest BCUT2D eigenvalue weighted by Gasteiger charge is 1.98. The molecule has 0 atom stereocenters. The van der Waals surface area contributed by atoms with Gasteiger partial charge in [0.15, 0.2) is 0 Å². The minimum atomic E-state index is 0.594. The van der Waals surface area contributed by atoms with Crippen molar-refractivity contribution in [3.8, 4) is 11.5 Å². The van der Waals surface area contributed by atoms with Gasteiger partial charge in [-0.15, -0.1) is 0 Å². The van der Waals surface area contributed by atoms with Gasteiger partial charge in [-0.05, 0) is 43.2 Å². The number of aryl methyl sites for hydroxylation is 1. The molecule has 0 aliphatic heterocycles. The van der Waals surface area contributed by atoms with Crippen molar-refractivity contribution in [2.45, 2.75) is 33.3 Å². The first-order chi connectivity index (χ1) is 9.78. The minimum absolute atomic E-state index is 0.594. The molecular formula is C18H22O2. The molecule has 0 bridgehead atoms. The van der Waals surface area contributed by atoms with Crippen molar-refractivity contribution in [3.05, 3.63) is 59.7 Å². The zero-order valence-corrected chi connectivity index (χ0v) is 12.3. The molecule has 2 aromatic carbocycles. The second-order valence-corrected chi connectivity index (χ2v) is 4.95. The zero-order chi connectivity index (χ0) is 14.2. The van der Waals surface area contributed by atoms with Gasteiger partial charge >= 0.3 is 0 Å². The molecule has 2 rings (SSSR count). The fourth-order valence-corrected chi connectivity index (χ4v) is 1.82. The number of ether oxygens (including phenoxy) is 2. The highest BCUT2D eigenvalue weighted by atomic mass is 16.5. The first-order valence-corrected chi connectivity index (χ1v) is 7.19. The van der Waals surface area contributed by atoms with E-state index in [1.54, 1.807) is 0 Å². The van der Waals surface area contributed by atoms with Crippen molar-refractivity contribution < 1.29 is 9.47 Å². The summed E-state index contributed by atoms with van der Waals surface area (Å²) in [6.07, 6.45) is 2.24. The number of rotatable bonds is 7. The van der Waals surface area contributed by atoms with Crippen LogP contribution < -0.4 is 9.47 Å². The maximum atomic E-state index is 5.76. The van der Waals surface area contributed by atoms with E-state index in [4.69, 9.17) is 9.47 Å². The van der Waals surface area contributed by atoms with Crippen LogP contribution in [-0.4, -0.2) is 6.61 Å². The molecule has 2 nitrogen and oxygen atoms in total. The number of hydrogen-bond acceptors (Lipinski definition) is 2. The van der Waals surface area contributed by atoms with Crippen molar-refractivity contribution in [1.82, 2.24) is 0 Å². The molecule has 0 saturated heterocycles. The summed E-state index contributed by atoms with van der Waals surface area (Å²) < 4.78 is 11.4. The molecule has 0 heterocycles. The molecule has 0 unspecified atom stereocenters. The molecule has 20 heavy (non-hydrogen) atoms. The van der Waals surface area contributed by atoms with Crippen molar-refractivity contribution in [2.24, 2.45) is 0 Å². The Labute approximate surface area is 121 Å². The lowest BCUT2D eigenvalue weighted by Crippen LogP contribution is -1.97. The van der Waals surface area contributed by atoms with Crippen molar-refractivity contribution >= 4 is 0 Å². The molecule has 0 aliphatic rings. The van der Waals surface area contributed by atoms with Gasteiger partial charge in [0, 0.05) is 0 Å². The van der Waals surface area contributed by atoms with E-state index in [2.05, 4.69) is 38.1 Å². The van der Waals surface area contributed by atoms with Gasteiger partial charge in [0.05, 0.1) is 6.61 Å². The lowest BCUT2D eigenvalue weighted by molar-refractivity contribution is 0.299. The summed E-state index contributed by atoms with van der Waals surface area (Å²) in [5.74, 6) is 1.77. The predicted molar refractivity (Wildman–Crippen MR) is 82.4 cm³/mol. The van der Waals surface area contributed by atoms with Crippen LogP contribution in [0.2, 0.25) is 0 Å². The fourth-order valence-electron chi connectivity index (χ4n) is 1.82. The van der Waals surface area contributed by atoms with Crippen LogP contribution in [0, 0.1) is 6.92 Å². The summed E-state index contributed by atoms with van der Waals surface area (Å²) in [7, 11) is 0. The lowest BCUT2D eigenvalue weighted by Gasteiger charge is -2.08. The van der Waals surface area contributed by atoms with E-state index in [-0.39, 0.29) is 0 Å². The van der Waals surface area contributed by atoms with Crippen molar-refractivity contribution in [2.75, 3.05) is 6.61 Å². The average molecular weight is 270 g/mol. The monoisotopic (exact) mass is 270 g/mol. The average Bonchev–Trinajstić information content (AvgIpc) is 2.48. The van der Waals surface area contributed by atoms with Gasteiger partial charge in [-0.2, -0.15) is 0 Å². The Balaban J connectivity index is 1.82. The number of unbranched alkanes of at least 4 members (excludes halogenated alkanes) is 1. The van der Waals surface area contributed by atoms with Crippen LogP contribution in [0.1, 0.15) is 30.9 Å². The van der Waals surface area contributed by atoms with E-state index >= 15 is 0 Å². The van der Waals surface area contributed by atoms with Crippen LogP contribution in [0.5, 0.6) is 11.5 Å². The summed E-state index contributed by atoms with van der Waals surface area (Å²) in [5.41, 5.74) is 2.45. The molecule has 0 aliphatic carbocycles. The van der Waals surface area contributed by atoms with Gasteiger partial charge in [0.2, 0.25) is 0 Å². The highest BCUT2D eigenvalue weighted by Crippen LogP contribution is 2.19. The summed E-state index contributed by atoms with van der Waals surface area (Å²) in [4.78, 5) is 0. The Kier molecular flexibility index (Phi) is 5.48. The standard InChI is InChI=1S/C18H22O2/c1-3-4-13-19-17-9-11-18(12-10-17)20-14-16-7-5-15(2)6-8-16/h5-12H,3-4,13-14H2,1-2H3. The lowest BCUT2D eigenvalue weighted by atomic mass is 10.2. The van der Waals surface area contributed by atoms with E-state index < -0.39 is 0 Å². The van der Waals surface area contributed by atoms with Crippen LogP contribution in [0.25, 0.3) is 0 Å². The molecule has 0 saturated carbocycles. The summed E-state index contributed by atoms with van der Waals surface area (Å²) in [5, 5.41) is 0. The third kappa shape index (κ3) is 4.61. The second-order valence-electron chi connectivity index (χ2n) is 4.95. The number of benzene rings is 2. The van der Waals surface area contributed by atoms with Gasteiger partial charge < -0.3 is 9.47 Å². The Morgan fingerprint density at radius 3 is 2.00 bits per heavy atom. The van der Waals surface area contributed by atoms with Crippen LogP contribution in [0.4, 0.5) is 0 Å². The molecule has 2 heteroatoms. The van der Waals surface area contributed by atoms with Crippen molar-refractivity contribution in [1.29, 1.82) is 0 Å². The largest absolute Gasteiger partial charge is 0.494 e. The Bertz CT molecular complexity index is 500. The number of hydrogen-bond donors (Lipinski definition) is 0. The van der Waals surface area contributed by atoms with Gasteiger partial charge in [-0.1, -0.05) is 43.2 Å². The smallest absolute Gasteiger partial charge is 0.120 e. The van der Waals surface area contributed by atoms with Crippen LogP contribution >= 0.6 is 0 Å². The Hall–Kier alpha value is -1.96. The summed E-state index contributed by atoms with van der Waals surface area (Å²) in [6.45, 7) is 5.61. The highest BCUT2D eigenvalue weighted by molar-refractivity contribution is 5.31. The maximum absolute atomic E-state index is 5.76. The first kappa shape index (κ1) is 14.4. The normalized spacial score (nSPS) is 10.3. The zero-order valence-electron chi connectivity index (χ0n) is 12.3. The SMILES string of the molecule is CCCCOc1ccc(OCc2ccc(C)cc2)cc1. The van der Waals surface area contributed by atoms with E-state index in [1.165, 1.54) is 11.1 Å². The molecule has 106 valence electrons. The van der Waals surface area contributed by atoms with E-state index in [0.717, 1.165) is 30.9 Å². The third-order valence-corrected chi connectivity index (χ3v) is 3.12. The fraction of sp³-hybridized carbons (Fsp3) is 0.333. The molecule has 0 amide bonds. The van der Waals surface area contributed by atoms with Gasteiger partial charge in [0.25, 0.3) is 0 Å². The third-order valence-electron chi connectivity index (χ3n) is 3.12. The van der Waals surface area contributed by atoms with Crippen LogP contribution in [-0.2, 0) is 6.61 Å². The summed E-state index contributed by atoms with van der Waals surface area (Å²) >= 11 is 0. The minimum Gasteiger partial charge on any atom is -0.494 e. The van der Waals surface area contributed by atoms with Gasteiger partial charge in [-0.3, -0.25) is 0 Å². The quantitative estimate of drug-likeness (QED) is 0.676. The summed E-state index contributed by atoms with van der Waals surface area (Å²) in [6, 6.07) is 16.2. The first-order valence-electron chi connectivity index (χ1n) is 7.19. The predicted octanol–water partition coefficient (Wildman–Crippen LogP) is 4.75. The molecule has 0 radical (unpaired) electrons. The van der Waals surface area contributed by atoms with Crippen LogP contribution in [0.3, 0.4) is 0 Å². The van der Waals surface area contributed by atoms with E-state index in [9.17, 15) is 0 Å². The molecule has 2 aromatic rings. The van der Waals surface area contributed by atoms with Crippen molar-refractivity contribution in [3.63, 3.8) is 0 Å². The van der Waals surface area contributed by atoms with Gasteiger partial charge in [-0.25, -0.2) is 0 Å². The molecule has 0 fully saturated rings. The second kappa shape index (κ2) is 7.59. The van der Waals surface area contributed by atoms with Gasteiger partial charge in [0.1, 0.15) is 18.1 Å². The molecular weight excluding hydrogens is 248 g/mol. The molecule has 0 spiro atoms. The topological polar surface area (TPSA) is 18.5 Å². The maximum Gasteiger partial charge on any atom is 0.120 e. The Morgan fingerprint density at radius 2 is 1.40 bits per heavy atom.